The van der Waals surface area contributed by atoms with E-state index < -0.39 is 5.97 Å². The molecule has 0 radical (unpaired) electrons. The van der Waals surface area contributed by atoms with Crippen LogP contribution in [-0.4, -0.2) is 36.4 Å². The number of carbonyl (C=O) groups is 3. The second-order valence-corrected chi connectivity index (χ2v) is 6.60. The van der Waals surface area contributed by atoms with Gasteiger partial charge in [0.05, 0.1) is 12.7 Å². The zero-order valence-corrected chi connectivity index (χ0v) is 12.9. The number of methoxy groups -OCH3 is 1. The van der Waals surface area contributed by atoms with Gasteiger partial charge in [0.25, 0.3) is 0 Å². The molecule has 5 nitrogen and oxygen atoms in total. The molecule has 1 fully saturated rings. The maximum atomic E-state index is 12.1. The van der Waals surface area contributed by atoms with Crippen molar-refractivity contribution in [3.63, 3.8) is 0 Å². The first-order chi connectivity index (χ1) is 9.52. The van der Waals surface area contributed by atoms with Crippen LogP contribution in [0.4, 0.5) is 5.00 Å². The highest BCUT2D eigenvalue weighted by Crippen LogP contribution is 2.34. The molecule has 1 aliphatic heterocycles. The SMILES string of the molecule is COC(=O)c1ccsc1N1CC(CSC(C)=O)CC1=O. The van der Waals surface area contributed by atoms with Crippen molar-refractivity contribution in [2.45, 2.75) is 13.3 Å². The van der Waals surface area contributed by atoms with Crippen molar-refractivity contribution in [2.24, 2.45) is 5.92 Å². The van der Waals surface area contributed by atoms with Crippen molar-refractivity contribution in [1.29, 1.82) is 0 Å². The number of hydrogen-bond donors (Lipinski definition) is 0. The number of amides is 1. The maximum Gasteiger partial charge on any atom is 0.340 e. The molecule has 1 atom stereocenters. The third-order valence-corrected chi connectivity index (χ3v) is 5.00. The van der Waals surface area contributed by atoms with E-state index in [1.54, 1.807) is 16.3 Å². The van der Waals surface area contributed by atoms with Crippen LogP contribution in [0.3, 0.4) is 0 Å². The van der Waals surface area contributed by atoms with E-state index in [0.29, 0.717) is 29.3 Å². The van der Waals surface area contributed by atoms with Crippen molar-refractivity contribution in [1.82, 2.24) is 0 Å². The Balaban J connectivity index is 2.10. The normalized spacial score (nSPS) is 18.4. The summed E-state index contributed by atoms with van der Waals surface area (Å²) < 4.78 is 4.72. The Bertz CT molecular complexity index is 540. The molecule has 1 aromatic heterocycles. The molecule has 2 rings (SSSR count). The highest BCUT2D eigenvalue weighted by molar-refractivity contribution is 8.13. The molecule has 2 heterocycles. The number of thioether (sulfide) groups is 1. The smallest absolute Gasteiger partial charge is 0.340 e. The lowest BCUT2D eigenvalue weighted by atomic mass is 10.1. The second kappa shape index (κ2) is 6.41. The lowest BCUT2D eigenvalue weighted by Gasteiger charge is -2.16. The first kappa shape index (κ1) is 15.1. The predicted octanol–water partition coefficient (Wildman–Crippen LogP) is 2.17. The number of esters is 1. The summed E-state index contributed by atoms with van der Waals surface area (Å²) in [5, 5.41) is 2.46. The number of anilines is 1. The average Bonchev–Trinajstić information content (AvgIpc) is 3.01. The van der Waals surface area contributed by atoms with Crippen LogP contribution in [-0.2, 0) is 14.3 Å². The molecule has 0 aliphatic carbocycles. The third kappa shape index (κ3) is 3.21. The molecule has 1 unspecified atom stereocenters. The number of rotatable bonds is 4. The van der Waals surface area contributed by atoms with Crippen LogP contribution in [0, 0.1) is 5.92 Å². The Hall–Kier alpha value is -1.34. The highest BCUT2D eigenvalue weighted by atomic mass is 32.2. The standard InChI is InChI=1S/C13H15NO4S2/c1-8(15)20-7-9-5-11(16)14(6-9)12-10(3-4-19-12)13(17)18-2/h3-4,9H,5-7H2,1-2H3. The van der Waals surface area contributed by atoms with Gasteiger partial charge in [0.15, 0.2) is 5.12 Å². The van der Waals surface area contributed by atoms with E-state index in [1.165, 1.54) is 37.1 Å². The summed E-state index contributed by atoms with van der Waals surface area (Å²) in [5.41, 5.74) is 0.422. The van der Waals surface area contributed by atoms with Gasteiger partial charge in [0.2, 0.25) is 5.91 Å². The monoisotopic (exact) mass is 313 g/mol. The minimum absolute atomic E-state index is 0.00763. The van der Waals surface area contributed by atoms with Gasteiger partial charge in [-0.15, -0.1) is 11.3 Å². The first-order valence-corrected chi connectivity index (χ1v) is 7.99. The Morgan fingerprint density at radius 3 is 2.95 bits per heavy atom. The molecule has 7 heteroatoms. The lowest BCUT2D eigenvalue weighted by molar-refractivity contribution is -0.117. The van der Waals surface area contributed by atoms with Gasteiger partial charge >= 0.3 is 5.97 Å². The van der Waals surface area contributed by atoms with Crippen molar-refractivity contribution in [3.05, 3.63) is 17.0 Å². The summed E-state index contributed by atoms with van der Waals surface area (Å²) in [4.78, 5) is 36.3. The maximum absolute atomic E-state index is 12.1. The molecule has 0 aromatic carbocycles. The molecule has 0 spiro atoms. The van der Waals surface area contributed by atoms with E-state index >= 15 is 0 Å². The van der Waals surface area contributed by atoms with Crippen molar-refractivity contribution >= 4 is 45.1 Å². The second-order valence-electron chi connectivity index (χ2n) is 4.51. The van der Waals surface area contributed by atoms with Gasteiger partial charge in [-0.2, -0.15) is 0 Å². The molecule has 1 amide bonds. The number of nitrogens with zero attached hydrogens (tertiary/aromatic N) is 1. The van der Waals surface area contributed by atoms with Gasteiger partial charge < -0.3 is 9.64 Å². The van der Waals surface area contributed by atoms with Gasteiger partial charge in [-0.25, -0.2) is 4.79 Å². The van der Waals surface area contributed by atoms with Crippen LogP contribution in [0.5, 0.6) is 0 Å². The Labute approximate surface area is 125 Å². The van der Waals surface area contributed by atoms with Crippen molar-refractivity contribution in [3.8, 4) is 0 Å². The first-order valence-electron chi connectivity index (χ1n) is 6.12. The van der Waals surface area contributed by atoms with Gasteiger partial charge in [0.1, 0.15) is 5.00 Å². The van der Waals surface area contributed by atoms with Crippen LogP contribution < -0.4 is 4.90 Å². The Morgan fingerprint density at radius 2 is 2.30 bits per heavy atom. The van der Waals surface area contributed by atoms with Gasteiger partial charge in [-0.1, -0.05) is 11.8 Å². The van der Waals surface area contributed by atoms with Crippen molar-refractivity contribution in [2.75, 3.05) is 24.3 Å². The summed E-state index contributed by atoms with van der Waals surface area (Å²) in [5.74, 6) is 0.336. The molecular weight excluding hydrogens is 298 g/mol. The molecule has 1 aromatic rings. The largest absolute Gasteiger partial charge is 0.465 e. The summed E-state index contributed by atoms with van der Waals surface area (Å²) in [6.07, 6.45) is 0.415. The molecule has 0 bridgehead atoms. The molecule has 0 saturated carbocycles. The van der Waals surface area contributed by atoms with Gasteiger partial charge in [0, 0.05) is 25.6 Å². The average molecular weight is 313 g/mol. The highest BCUT2D eigenvalue weighted by Gasteiger charge is 2.33. The zero-order chi connectivity index (χ0) is 14.7. The van der Waals surface area contributed by atoms with Crippen LogP contribution in [0.1, 0.15) is 23.7 Å². The summed E-state index contributed by atoms with van der Waals surface area (Å²) >= 11 is 2.59. The van der Waals surface area contributed by atoms with Crippen molar-refractivity contribution < 1.29 is 19.1 Å². The number of carbonyl (C=O) groups excluding carboxylic acids is 3. The van der Waals surface area contributed by atoms with E-state index in [-0.39, 0.29) is 16.9 Å². The predicted molar refractivity (Wildman–Crippen MR) is 79.3 cm³/mol. The van der Waals surface area contributed by atoms with E-state index in [4.69, 9.17) is 4.74 Å². The van der Waals surface area contributed by atoms with Crippen LogP contribution in [0.2, 0.25) is 0 Å². The van der Waals surface area contributed by atoms with Gasteiger partial charge in [-0.05, 0) is 17.4 Å². The summed E-state index contributed by atoms with van der Waals surface area (Å²) in [6.45, 7) is 2.07. The van der Waals surface area contributed by atoms with Crippen LogP contribution >= 0.6 is 23.1 Å². The third-order valence-electron chi connectivity index (χ3n) is 3.02. The fraction of sp³-hybridized carbons (Fsp3) is 0.462. The van der Waals surface area contributed by atoms with E-state index in [2.05, 4.69) is 0 Å². The van der Waals surface area contributed by atoms with Gasteiger partial charge in [-0.3, -0.25) is 9.59 Å². The Kier molecular flexibility index (Phi) is 4.82. The van der Waals surface area contributed by atoms with E-state index in [1.807, 2.05) is 0 Å². The van der Waals surface area contributed by atoms with Crippen LogP contribution in [0.15, 0.2) is 11.4 Å². The molecule has 1 saturated heterocycles. The van der Waals surface area contributed by atoms with Crippen LogP contribution in [0.25, 0.3) is 0 Å². The zero-order valence-electron chi connectivity index (χ0n) is 11.3. The molecule has 20 heavy (non-hydrogen) atoms. The van der Waals surface area contributed by atoms with E-state index in [0.717, 1.165) is 0 Å². The fourth-order valence-corrected chi connectivity index (χ4v) is 3.71. The number of ether oxygens (including phenoxy) is 1. The summed E-state index contributed by atoms with van der Waals surface area (Å²) in [7, 11) is 1.32. The number of hydrogen-bond acceptors (Lipinski definition) is 6. The minimum Gasteiger partial charge on any atom is -0.465 e. The minimum atomic E-state index is -0.435. The Morgan fingerprint density at radius 1 is 1.55 bits per heavy atom. The fourth-order valence-electron chi connectivity index (χ4n) is 2.10. The molecule has 1 aliphatic rings. The molecule has 0 N–H and O–H groups in total. The van der Waals surface area contributed by atoms with E-state index in [9.17, 15) is 14.4 Å². The molecule has 108 valence electrons. The molecular formula is C13H15NO4S2. The lowest BCUT2D eigenvalue weighted by Crippen LogP contribution is -2.25. The topological polar surface area (TPSA) is 63.7 Å². The quantitative estimate of drug-likeness (QED) is 0.797. The number of thiophene rings is 1. The summed E-state index contributed by atoms with van der Waals surface area (Å²) in [6, 6.07) is 1.66.